The Balaban J connectivity index is 1.85. The molecule has 0 radical (unpaired) electrons. The largest absolute Gasteiger partial charge is 0.408 e. The van der Waals surface area contributed by atoms with Crippen molar-refractivity contribution in [2.24, 2.45) is 0 Å². The van der Waals surface area contributed by atoms with Gasteiger partial charge in [-0.05, 0) is 24.1 Å². The molecule has 1 N–H and O–H groups in total. The van der Waals surface area contributed by atoms with E-state index in [1.165, 1.54) is 12.1 Å². The van der Waals surface area contributed by atoms with Gasteiger partial charge in [0.15, 0.2) is 0 Å². The molecule has 19 heavy (non-hydrogen) atoms. The minimum atomic E-state index is -0.586. The minimum Gasteiger partial charge on any atom is -0.408 e. The summed E-state index contributed by atoms with van der Waals surface area (Å²) in [5.74, 6) is -0.312. The van der Waals surface area contributed by atoms with Gasteiger partial charge in [-0.3, -0.25) is 0 Å². The minimum absolute atomic E-state index is 0.275. The van der Waals surface area contributed by atoms with Gasteiger partial charge in [-0.1, -0.05) is 5.10 Å². The van der Waals surface area contributed by atoms with Crippen molar-refractivity contribution in [2.75, 3.05) is 17.7 Å². The molecule has 1 heterocycles. The topological polar surface area (TPSA) is 51.0 Å². The third kappa shape index (κ3) is 4.17. The highest BCUT2D eigenvalue weighted by atomic mass is 35.5. The van der Waals surface area contributed by atoms with Gasteiger partial charge < -0.3 is 9.73 Å². The van der Waals surface area contributed by atoms with Crippen LogP contribution in [0.1, 0.15) is 11.5 Å². The number of benzene rings is 1. The fourth-order valence-corrected chi connectivity index (χ4v) is 1.74. The van der Waals surface area contributed by atoms with E-state index in [0.717, 1.165) is 6.07 Å². The fraction of sp³-hybridized carbons (Fsp3) is 0.333. The van der Waals surface area contributed by atoms with Crippen LogP contribution in [-0.2, 0) is 12.8 Å². The Kier molecular flexibility index (Phi) is 4.68. The summed E-state index contributed by atoms with van der Waals surface area (Å²) in [5.41, 5.74) is 0.561. The monoisotopic (exact) mass is 287 g/mol. The number of nitrogens with zero attached hydrogens (tertiary/aromatic N) is 2. The molecule has 0 saturated heterocycles. The van der Waals surface area contributed by atoms with Gasteiger partial charge in [0.2, 0.25) is 5.89 Å². The molecule has 102 valence electrons. The van der Waals surface area contributed by atoms with Gasteiger partial charge in [-0.2, -0.15) is 0 Å². The molecular formula is C12H12ClF2N3O. The standard InChI is InChI=1S/C12H12ClF2N3O/c13-3-1-11-17-18-12(19-11)16-4-2-8-5-9(14)7-10(15)6-8/h5-7H,1-4H2,(H,16,18). The second-order valence-corrected chi connectivity index (χ2v) is 4.27. The molecule has 7 heteroatoms. The van der Waals surface area contributed by atoms with Crippen LogP contribution < -0.4 is 5.32 Å². The molecule has 0 fully saturated rings. The number of hydrogen-bond acceptors (Lipinski definition) is 4. The maximum absolute atomic E-state index is 13.0. The van der Waals surface area contributed by atoms with Crippen LogP contribution in [0.5, 0.6) is 0 Å². The number of aromatic nitrogens is 2. The molecule has 0 saturated carbocycles. The first-order chi connectivity index (χ1) is 9.17. The van der Waals surface area contributed by atoms with Crippen molar-refractivity contribution < 1.29 is 13.2 Å². The van der Waals surface area contributed by atoms with Crippen LogP contribution in [0.4, 0.5) is 14.8 Å². The molecule has 2 aromatic rings. The van der Waals surface area contributed by atoms with Crippen molar-refractivity contribution >= 4 is 17.6 Å². The molecular weight excluding hydrogens is 276 g/mol. The van der Waals surface area contributed by atoms with Gasteiger partial charge in [-0.25, -0.2) is 8.78 Å². The maximum Gasteiger partial charge on any atom is 0.315 e. The first-order valence-electron chi connectivity index (χ1n) is 5.74. The quantitative estimate of drug-likeness (QED) is 0.830. The summed E-state index contributed by atoms with van der Waals surface area (Å²) in [4.78, 5) is 0. The van der Waals surface area contributed by atoms with E-state index in [4.69, 9.17) is 16.0 Å². The molecule has 4 nitrogen and oxygen atoms in total. The number of halogens is 3. The Morgan fingerprint density at radius 2 is 1.84 bits per heavy atom. The Morgan fingerprint density at radius 1 is 1.11 bits per heavy atom. The summed E-state index contributed by atoms with van der Waals surface area (Å²) in [6, 6.07) is 3.69. The molecule has 0 unspecified atom stereocenters. The molecule has 0 atom stereocenters. The van der Waals surface area contributed by atoms with E-state index in [9.17, 15) is 8.78 Å². The lowest BCUT2D eigenvalue weighted by molar-refractivity contribution is 0.512. The zero-order valence-electron chi connectivity index (χ0n) is 10.00. The summed E-state index contributed by atoms with van der Waals surface area (Å²) in [6.45, 7) is 0.436. The number of anilines is 1. The van der Waals surface area contributed by atoms with Crippen LogP contribution >= 0.6 is 11.6 Å². The smallest absolute Gasteiger partial charge is 0.315 e. The Hall–Kier alpha value is -1.69. The lowest BCUT2D eigenvalue weighted by Crippen LogP contribution is -2.05. The predicted octanol–water partition coefficient (Wildman–Crippen LogP) is 2.78. The molecule has 0 aliphatic carbocycles. The highest BCUT2D eigenvalue weighted by Gasteiger charge is 2.05. The normalized spacial score (nSPS) is 10.7. The summed E-state index contributed by atoms with van der Waals surface area (Å²) >= 11 is 5.54. The molecule has 0 aliphatic heterocycles. The number of hydrogen-bond donors (Lipinski definition) is 1. The summed E-state index contributed by atoms with van der Waals surface area (Å²) in [5, 5.41) is 10.4. The molecule has 0 bridgehead atoms. The molecule has 1 aromatic heterocycles. The van der Waals surface area contributed by atoms with Crippen molar-refractivity contribution in [1.82, 2.24) is 10.2 Å². The highest BCUT2D eigenvalue weighted by molar-refractivity contribution is 6.17. The van der Waals surface area contributed by atoms with E-state index in [1.54, 1.807) is 0 Å². The van der Waals surface area contributed by atoms with Crippen molar-refractivity contribution in [3.05, 3.63) is 41.3 Å². The van der Waals surface area contributed by atoms with E-state index in [-0.39, 0.29) is 6.01 Å². The zero-order valence-corrected chi connectivity index (χ0v) is 10.8. The van der Waals surface area contributed by atoms with E-state index in [2.05, 4.69) is 15.5 Å². The van der Waals surface area contributed by atoms with Gasteiger partial charge >= 0.3 is 6.01 Å². The highest BCUT2D eigenvalue weighted by Crippen LogP contribution is 2.10. The average Bonchev–Trinajstić information content (AvgIpc) is 2.76. The van der Waals surface area contributed by atoms with Crippen LogP contribution in [-0.4, -0.2) is 22.6 Å². The number of nitrogens with one attached hydrogen (secondary N) is 1. The lowest BCUT2D eigenvalue weighted by atomic mass is 10.1. The van der Waals surface area contributed by atoms with Crippen molar-refractivity contribution in [2.45, 2.75) is 12.8 Å². The summed E-state index contributed by atoms with van der Waals surface area (Å²) in [7, 11) is 0. The zero-order chi connectivity index (χ0) is 13.7. The van der Waals surface area contributed by atoms with E-state index < -0.39 is 11.6 Å². The first kappa shape index (κ1) is 13.7. The van der Waals surface area contributed by atoms with Crippen LogP contribution in [0.2, 0.25) is 0 Å². The van der Waals surface area contributed by atoms with Crippen molar-refractivity contribution in [1.29, 1.82) is 0 Å². The van der Waals surface area contributed by atoms with Crippen LogP contribution in [0.3, 0.4) is 0 Å². The Bertz CT molecular complexity index is 527. The van der Waals surface area contributed by atoms with Gasteiger partial charge in [0.05, 0.1) is 0 Å². The summed E-state index contributed by atoms with van der Waals surface area (Å²) < 4.78 is 31.1. The summed E-state index contributed by atoms with van der Waals surface area (Å²) in [6.07, 6.45) is 0.952. The van der Waals surface area contributed by atoms with Crippen LogP contribution in [0.15, 0.2) is 22.6 Å². The molecule has 0 aliphatic rings. The molecule has 1 aromatic carbocycles. The van der Waals surface area contributed by atoms with Gasteiger partial charge in [0, 0.05) is 24.9 Å². The number of alkyl halides is 1. The van der Waals surface area contributed by atoms with E-state index in [1.807, 2.05) is 0 Å². The van der Waals surface area contributed by atoms with E-state index >= 15 is 0 Å². The number of rotatable bonds is 6. The fourth-order valence-electron chi connectivity index (χ4n) is 1.58. The average molecular weight is 288 g/mol. The Morgan fingerprint density at radius 3 is 2.53 bits per heavy atom. The molecule has 2 rings (SSSR count). The second kappa shape index (κ2) is 6.47. The Labute approximate surface area is 113 Å². The number of aryl methyl sites for hydroxylation is 1. The predicted molar refractivity (Wildman–Crippen MR) is 67.3 cm³/mol. The van der Waals surface area contributed by atoms with Crippen LogP contribution in [0.25, 0.3) is 0 Å². The SMILES string of the molecule is Fc1cc(F)cc(CCNc2nnc(CCCl)o2)c1. The van der Waals surface area contributed by atoms with Crippen LogP contribution in [0, 0.1) is 11.6 Å². The first-order valence-corrected chi connectivity index (χ1v) is 6.28. The van der Waals surface area contributed by atoms with Gasteiger partial charge in [0.25, 0.3) is 0 Å². The third-order valence-corrected chi connectivity index (χ3v) is 2.58. The third-order valence-electron chi connectivity index (χ3n) is 2.39. The second-order valence-electron chi connectivity index (χ2n) is 3.89. The van der Waals surface area contributed by atoms with E-state index in [0.29, 0.717) is 36.7 Å². The van der Waals surface area contributed by atoms with Gasteiger partial charge in [0.1, 0.15) is 11.6 Å². The van der Waals surface area contributed by atoms with Gasteiger partial charge in [-0.15, -0.1) is 16.7 Å². The maximum atomic E-state index is 13.0. The molecule has 0 spiro atoms. The lowest BCUT2D eigenvalue weighted by Gasteiger charge is -2.02. The van der Waals surface area contributed by atoms with Crippen molar-refractivity contribution in [3.8, 4) is 0 Å². The van der Waals surface area contributed by atoms with Crippen molar-refractivity contribution in [3.63, 3.8) is 0 Å². The molecule has 0 amide bonds.